The predicted molar refractivity (Wildman–Crippen MR) is 116 cm³/mol. The summed E-state index contributed by atoms with van der Waals surface area (Å²) < 4.78 is 13.3. The van der Waals surface area contributed by atoms with Gasteiger partial charge in [0.25, 0.3) is 0 Å². The molecule has 2 amide bonds. The third-order valence-corrected chi connectivity index (χ3v) is 5.98. The Morgan fingerprint density at radius 2 is 1.90 bits per heavy atom. The van der Waals surface area contributed by atoms with E-state index in [0.717, 1.165) is 25.1 Å². The summed E-state index contributed by atoms with van der Waals surface area (Å²) in [5.74, 6) is -2.03. The Morgan fingerprint density at radius 3 is 2.67 bits per heavy atom. The Balaban J connectivity index is 1.42. The molecule has 1 aromatic heterocycles. The van der Waals surface area contributed by atoms with Gasteiger partial charge >= 0.3 is 11.8 Å². The molecule has 0 unspecified atom stereocenters. The molecule has 2 N–H and O–H groups in total. The lowest BCUT2D eigenvalue weighted by atomic mass is 9.97. The molecule has 0 aliphatic carbocycles. The number of anilines is 1. The fourth-order valence-electron chi connectivity index (χ4n) is 3.73. The molecule has 5 nitrogen and oxygen atoms in total. The van der Waals surface area contributed by atoms with E-state index in [1.165, 1.54) is 35.4 Å². The van der Waals surface area contributed by atoms with Crippen LogP contribution in [-0.2, 0) is 22.6 Å². The fourth-order valence-corrected chi connectivity index (χ4v) is 4.44. The maximum Gasteiger partial charge on any atom is 0.313 e. The summed E-state index contributed by atoms with van der Waals surface area (Å²) in [5, 5.41) is 9.26. The molecule has 0 saturated carbocycles. The largest absolute Gasteiger partial charge is 0.346 e. The lowest BCUT2D eigenvalue weighted by Crippen LogP contribution is -2.43. The molecule has 2 aromatic carbocycles. The Morgan fingerprint density at radius 1 is 1.07 bits per heavy atom. The number of carbonyl (C=O) groups excluding carboxylic acids is 2. The van der Waals surface area contributed by atoms with Crippen molar-refractivity contribution in [2.24, 2.45) is 0 Å². The van der Waals surface area contributed by atoms with E-state index < -0.39 is 17.6 Å². The molecular formula is C23H22FN3O2S. The fraction of sp³-hybridized carbons (Fsp3) is 0.217. The van der Waals surface area contributed by atoms with Gasteiger partial charge in [-0.15, -0.1) is 0 Å². The minimum atomic E-state index is -0.811. The molecule has 0 spiro atoms. The van der Waals surface area contributed by atoms with Gasteiger partial charge in [-0.05, 0) is 58.1 Å². The Bertz CT molecular complexity index is 1040. The van der Waals surface area contributed by atoms with E-state index in [1.807, 2.05) is 11.4 Å². The summed E-state index contributed by atoms with van der Waals surface area (Å²) >= 11 is 1.61. The summed E-state index contributed by atoms with van der Waals surface area (Å²) in [4.78, 5) is 26.9. The molecule has 2 heterocycles. The zero-order valence-corrected chi connectivity index (χ0v) is 17.1. The number of carbonyl (C=O) groups is 2. The van der Waals surface area contributed by atoms with Crippen molar-refractivity contribution in [3.05, 3.63) is 87.9 Å². The Labute approximate surface area is 178 Å². The van der Waals surface area contributed by atoms with Crippen LogP contribution < -0.4 is 10.6 Å². The van der Waals surface area contributed by atoms with E-state index in [1.54, 1.807) is 11.3 Å². The van der Waals surface area contributed by atoms with E-state index in [4.69, 9.17) is 0 Å². The van der Waals surface area contributed by atoms with E-state index in [-0.39, 0.29) is 11.7 Å². The number of benzene rings is 2. The summed E-state index contributed by atoms with van der Waals surface area (Å²) in [6, 6.07) is 15.9. The van der Waals surface area contributed by atoms with Crippen molar-refractivity contribution in [2.45, 2.75) is 19.0 Å². The van der Waals surface area contributed by atoms with Crippen molar-refractivity contribution in [1.82, 2.24) is 10.2 Å². The number of nitrogens with zero attached hydrogens (tertiary/aromatic N) is 1. The van der Waals surface area contributed by atoms with E-state index in [2.05, 4.69) is 45.2 Å². The average Bonchev–Trinajstić information content (AvgIpc) is 3.28. The van der Waals surface area contributed by atoms with Crippen molar-refractivity contribution < 1.29 is 14.0 Å². The van der Waals surface area contributed by atoms with Crippen LogP contribution in [0.3, 0.4) is 0 Å². The Kier molecular flexibility index (Phi) is 6.21. The summed E-state index contributed by atoms with van der Waals surface area (Å²) in [6.07, 6.45) is 0.949. The first-order chi connectivity index (χ1) is 14.6. The molecule has 1 aliphatic rings. The number of halogens is 1. The molecule has 7 heteroatoms. The van der Waals surface area contributed by atoms with Crippen molar-refractivity contribution >= 4 is 28.8 Å². The quantitative estimate of drug-likeness (QED) is 0.615. The minimum Gasteiger partial charge on any atom is -0.346 e. The van der Waals surface area contributed by atoms with Crippen LogP contribution in [0.15, 0.2) is 65.4 Å². The van der Waals surface area contributed by atoms with Crippen molar-refractivity contribution in [1.29, 1.82) is 0 Å². The second-order valence-corrected chi connectivity index (χ2v) is 8.02. The third-order valence-electron chi connectivity index (χ3n) is 5.27. The van der Waals surface area contributed by atoms with Gasteiger partial charge in [0.05, 0.1) is 6.04 Å². The first-order valence-corrected chi connectivity index (χ1v) is 10.7. The van der Waals surface area contributed by atoms with Gasteiger partial charge in [0.2, 0.25) is 0 Å². The Hall–Kier alpha value is -3.03. The topological polar surface area (TPSA) is 61.4 Å². The predicted octanol–water partition coefficient (Wildman–Crippen LogP) is 3.74. The lowest BCUT2D eigenvalue weighted by Gasteiger charge is -2.35. The van der Waals surface area contributed by atoms with Crippen LogP contribution in [0.1, 0.15) is 22.7 Å². The average molecular weight is 424 g/mol. The standard InChI is InChI=1S/C23H22FN3O2S/c24-19-6-3-7-20(12-19)26-23(29)22(28)25-13-21(18-9-11-30-15-18)27-10-8-16-4-1-2-5-17(16)14-27/h1-7,9,11-12,15,21H,8,10,13-14H2,(H,25,28)(H,26,29)/t21-/m1/s1. The van der Waals surface area contributed by atoms with Gasteiger partial charge in [-0.3, -0.25) is 14.5 Å². The number of amides is 2. The smallest absolute Gasteiger partial charge is 0.313 e. The van der Waals surface area contributed by atoms with Gasteiger partial charge in [-0.25, -0.2) is 4.39 Å². The first kappa shape index (κ1) is 20.3. The molecule has 0 fully saturated rings. The first-order valence-electron chi connectivity index (χ1n) is 9.78. The van der Waals surface area contributed by atoms with Gasteiger partial charge in [-0.1, -0.05) is 30.3 Å². The van der Waals surface area contributed by atoms with Crippen molar-refractivity contribution in [3.8, 4) is 0 Å². The summed E-state index contributed by atoms with van der Waals surface area (Å²) in [6.45, 7) is 1.99. The molecule has 0 radical (unpaired) electrons. The second-order valence-electron chi connectivity index (χ2n) is 7.24. The lowest BCUT2D eigenvalue weighted by molar-refractivity contribution is -0.136. The van der Waals surface area contributed by atoms with Crippen molar-refractivity contribution in [2.75, 3.05) is 18.4 Å². The number of hydrogen-bond donors (Lipinski definition) is 2. The molecule has 4 rings (SSSR count). The van der Waals surface area contributed by atoms with Crippen molar-refractivity contribution in [3.63, 3.8) is 0 Å². The molecule has 30 heavy (non-hydrogen) atoms. The maximum atomic E-state index is 13.3. The van der Waals surface area contributed by atoms with E-state index in [0.29, 0.717) is 6.54 Å². The van der Waals surface area contributed by atoms with Crippen LogP contribution in [0.25, 0.3) is 0 Å². The molecule has 1 aliphatic heterocycles. The highest BCUT2D eigenvalue weighted by molar-refractivity contribution is 7.08. The zero-order valence-electron chi connectivity index (χ0n) is 16.3. The molecule has 1 atom stereocenters. The van der Waals surface area contributed by atoms with Crippen LogP contribution in [0.2, 0.25) is 0 Å². The second kappa shape index (κ2) is 9.19. The van der Waals surface area contributed by atoms with Gasteiger partial charge in [0.15, 0.2) is 0 Å². The SMILES string of the molecule is O=C(NC[C@H](c1ccsc1)N1CCc2ccccc2C1)C(=O)Nc1cccc(F)c1. The monoisotopic (exact) mass is 423 g/mol. The number of thiophene rings is 1. The van der Waals surface area contributed by atoms with Crippen LogP contribution in [-0.4, -0.2) is 29.8 Å². The molecule has 0 bridgehead atoms. The van der Waals surface area contributed by atoms with Gasteiger partial charge in [0.1, 0.15) is 5.82 Å². The minimum absolute atomic E-state index is 0.0319. The van der Waals surface area contributed by atoms with Gasteiger partial charge < -0.3 is 10.6 Å². The third kappa shape index (κ3) is 4.75. The molecule has 154 valence electrons. The molecular weight excluding hydrogens is 401 g/mol. The van der Waals surface area contributed by atoms with E-state index >= 15 is 0 Å². The van der Waals surface area contributed by atoms with Gasteiger partial charge in [-0.2, -0.15) is 11.3 Å². The number of nitrogens with one attached hydrogen (secondary N) is 2. The number of fused-ring (bicyclic) bond motifs is 1. The van der Waals surface area contributed by atoms with Gasteiger partial charge in [0, 0.05) is 25.3 Å². The normalized spacial score (nSPS) is 14.6. The molecule has 3 aromatic rings. The summed E-state index contributed by atoms with van der Waals surface area (Å²) in [7, 11) is 0. The van der Waals surface area contributed by atoms with Crippen LogP contribution in [0, 0.1) is 5.82 Å². The summed E-state index contributed by atoms with van der Waals surface area (Å²) in [5.41, 5.74) is 4.01. The highest BCUT2D eigenvalue weighted by atomic mass is 32.1. The highest BCUT2D eigenvalue weighted by Gasteiger charge is 2.26. The molecule has 0 saturated heterocycles. The number of hydrogen-bond acceptors (Lipinski definition) is 4. The van der Waals surface area contributed by atoms with Crippen LogP contribution in [0.5, 0.6) is 0 Å². The zero-order chi connectivity index (χ0) is 20.9. The maximum absolute atomic E-state index is 13.3. The number of rotatable bonds is 5. The van der Waals surface area contributed by atoms with Crippen LogP contribution in [0.4, 0.5) is 10.1 Å². The van der Waals surface area contributed by atoms with E-state index in [9.17, 15) is 14.0 Å². The van der Waals surface area contributed by atoms with Crippen LogP contribution >= 0.6 is 11.3 Å². The highest BCUT2D eigenvalue weighted by Crippen LogP contribution is 2.28.